The molecule has 1 N–H and O–H groups in total. The number of amides is 1. The van der Waals surface area contributed by atoms with Gasteiger partial charge < -0.3 is 9.73 Å². The van der Waals surface area contributed by atoms with Crippen molar-refractivity contribution in [3.05, 3.63) is 71.9 Å². The summed E-state index contributed by atoms with van der Waals surface area (Å²) < 4.78 is 19.0. The van der Waals surface area contributed by atoms with Crippen LogP contribution in [0, 0.1) is 5.82 Å². The van der Waals surface area contributed by atoms with Gasteiger partial charge in [0.25, 0.3) is 11.8 Å². The third-order valence-corrected chi connectivity index (χ3v) is 3.01. The molecule has 0 aliphatic rings. The molecule has 3 aromatic rings. The molecule has 1 aromatic heterocycles. The molecule has 1 amide bonds. The van der Waals surface area contributed by atoms with E-state index in [1.807, 2.05) is 6.07 Å². The summed E-state index contributed by atoms with van der Waals surface area (Å²) in [5, 5.41) is 10.3. The van der Waals surface area contributed by atoms with Crippen LogP contribution in [0.3, 0.4) is 0 Å². The number of halogens is 1. The summed E-state index contributed by atoms with van der Waals surface area (Å²) in [6.07, 6.45) is 0. The second-order valence-electron chi connectivity index (χ2n) is 4.53. The Morgan fingerprint density at radius 2 is 1.77 bits per heavy atom. The van der Waals surface area contributed by atoms with Gasteiger partial charge in [0, 0.05) is 5.56 Å². The summed E-state index contributed by atoms with van der Waals surface area (Å²) in [4.78, 5) is 11.9. The minimum absolute atomic E-state index is 0.0786. The van der Waals surface area contributed by atoms with Crippen molar-refractivity contribution >= 4 is 5.91 Å². The molecular formula is C16H12FN3O2. The maximum atomic E-state index is 13.6. The molecule has 1 heterocycles. The number of carbonyl (C=O) groups excluding carboxylic acids is 1. The Morgan fingerprint density at radius 1 is 1.05 bits per heavy atom. The van der Waals surface area contributed by atoms with E-state index in [9.17, 15) is 9.18 Å². The van der Waals surface area contributed by atoms with E-state index in [0.717, 1.165) is 0 Å². The molecule has 0 saturated carbocycles. The minimum Gasteiger partial charge on any atom is -0.419 e. The van der Waals surface area contributed by atoms with Crippen LogP contribution in [0.2, 0.25) is 0 Å². The number of rotatable bonds is 4. The average Bonchev–Trinajstić information content (AvgIpc) is 3.02. The highest BCUT2D eigenvalue weighted by Crippen LogP contribution is 2.20. The quantitative estimate of drug-likeness (QED) is 0.804. The smallest absolute Gasteiger partial charge is 0.251 e. The van der Waals surface area contributed by atoms with E-state index >= 15 is 0 Å². The standard InChI is InChI=1S/C16H12FN3O2/c17-13-9-5-4-8-12(13)16-20-19-14(22-16)10-18-15(21)11-6-2-1-3-7-11/h1-9H,10H2,(H,18,21). The van der Waals surface area contributed by atoms with Gasteiger partial charge in [-0.1, -0.05) is 30.3 Å². The summed E-state index contributed by atoms with van der Waals surface area (Å²) in [7, 11) is 0. The third-order valence-electron chi connectivity index (χ3n) is 3.01. The lowest BCUT2D eigenvalue weighted by molar-refractivity contribution is 0.0947. The number of hydrogen-bond donors (Lipinski definition) is 1. The number of aromatic nitrogens is 2. The van der Waals surface area contributed by atoms with Gasteiger partial charge in [-0.3, -0.25) is 4.79 Å². The number of carbonyl (C=O) groups is 1. The van der Waals surface area contributed by atoms with Gasteiger partial charge in [0.15, 0.2) is 0 Å². The van der Waals surface area contributed by atoms with Crippen LogP contribution in [-0.2, 0) is 6.54 Å². The predicted molar refractivity (Wildman–Crippen MR) is 77.3 cm³/mol. The summed E-state index contributed by atoms with van der Waals surface area (Å²) in [6, 6.07) is 14.9. The van der Waals surface area contributed by atoms with Crippen LogP contribution in [0.1, 0.15) is 16.2 Å². The van der Waals surface area contributed by atoms with Gasteiger partial charge in [-0.15, -0.1) is 10.2 Å². The average molecular weight is 297 g/mol. The van der Waals surface area contributed by atoms with Crippen molar-refractivity contribution in [3.63, 3.8) is 0 Å². The first-order valence-electron chi connectivity index (χ1n) is 6.64. The predicted octanol–water partition coefficient (Wildman–Crippen LogP) is 2.81. The SMILES string of the molecule is O=C(NCc1nnc(-c2ccccc2F)o1)c1ccccc1. The Hall–Kier alpha value is -3.02. The van der Waals surface area contributed by atoms with Crippen molar-refractivity contribution in [2.24, 2.45) is 0 Å². The molecule has 0 fully saturated rings. The molecule has 0 atom stereocenters. The molecule has 0 spiro atoms. The van der Waals surface area contributed by atoms with Gasteiger partial charge in [0.2, 0.25) is 5.89 Å². The molecule has 0 bridgehead atoms. The normalized spacial score (nSPS) is 10.4. The zero-order valence-corrected chi connectivity index (χ0v) is 11.5. The Labute approximate surface area is 125 Å². The van der Waals surface area contributed by atoms with Crippen molar-refractivity contribution in [2.75, 3.05) is 0 Å². The van der Waals surface area contributed by atoms with Crippen LogP contribution in [0.25, 0.3) is 11.5 Å². The molecule has 3 rings (SSSR count). The Balaban J connectivity index is 1.68. The highest BCUT2D eigenvalue weighted by molar-refractivity contribution is 5.93. The highest BCUT2D eigenvalue weighted by Gasteiger charge is 2.13. The fourth-order valence-corrected chi connectivity index (χ4v) is 1.92. The monoisotopic (exact) mass is 297 g/mol. The van der Waals surface area contributed by atoms with E-state index in [1.165, 1.54) is 6.07 Å². The number of benzene rings is 2. The molecule has 22 heavy (non-hydrogen) atoms. The minimum atomic E-state index is -0.439. The van der Waals surface area contributed by atoms with Crippen molar-refractivity contribution < 1.29 is 13.6 Å². The number of nitrogens with one attached hydrogen (secondary N) is 1. The second kappa shape index (κ2) is 6.17. The van der Waals surface area contributed by atoms with E-state index in [-0.39, 0.29) is 29.8 Å². The Bertz CT molecular complexity index is 787. The maximum Gasteiger partial charge on any atom is 0.251 e. The Morgan fingerprint density at radius 3 is 2.55 bits per heavy atom. The largest absolute Gasteiger partial charge is 0.419 e. The molecule has 0 aliphatic heterocycles. The van der Waals surface area contributed by atoms with Gasteiger partial charge in [-0.2, -0.15) is 0 Å². The summed E-state index contributed by atoms with van der Waals surface area (Å²) in [5.41, 5.74) is 0.770. The van der Waals surface area contributed by atoms with Crippen molar-refractivity contribution in [2.45, 2.75) is 6.54 Å². The first kappa shape index (κ1) is 13.9. The molecule has 0 unspecified atom stereocenters. The summed E-state index contributed by atoms with van der Waals surface area (Å²) >= 11 is 0. The van der Waals surface area contributed by atoms with Crippen LogP contribution in [0.5, 0.6) is 0 Å². The number of nitrogens with zero attached hydrogens (tertiary/aromatic N) is 2. The fourth-order valence-electron chi connectivity index (χ4n) is 1.92. The topological polar surface area (TPSA) is 68.0 Å². The number of hydrogen-bond acceptors (Lipinski definition) is 4. The lowest BCUT2D eigenvalue weighted by atomic mass is 10.2. The van der Waals surface area contributed by atoms with Crippen LogP contribution in [0.4, 0.5) is 4.39 Å². The molecular weight excluding hydrogens is 285 g/mol. The summed E-state index contributed by atoms with van der Waals surface area (Å²) in [5.74, 6) is -0.387. The van der Waals surface area contributed by atoms with Crippen LogP contribution >= 0.6 is 0 Å². The van der Waals surface area contributed by atoms with Crippen molar-refractivity contribution in [1.29, 1.82) is 0 Å². The van der Waals surface area contributed by atoms with Crippen LogP contribution in [0.15, 0.2) is 59.0 Å². The third kappa shape index (κ3) is 3.01. The highest BCUT2D eigenvalue weighted by atomic mass is 19.1. The van der Waals surface area contributed by atoms with Gasteiger partial charge >= 0.3 is 0 Å². The molecule has 110 valence electrons. The fraction of sp³-hybridized carbons (Fsp3) is 0.0625. The van der Waals surface area contributed by atoms with E-state index in [2.05, 4.69) is 15.5 Å². The molecule has 0 radical (unpaired) electrons. The van der Waals surface area contributed by atoms with Crippen LogP contribution < -0.4 is 5.32 Å². The molecule has 5 nitrogen and oxygen atoms in total. The Kier molecular flexibility index (Phi) is 3.91. The molecule has 2 aromatic carbocycles. The summed E-state index contributed by atoms with van der Waals surface area (Å²) in [6.45, 7) is 0.0786. The van der Waals surface area contributed by atoms with E-state index in [1.54, 1.807) is 42.5 Å². The molecule has 6 heteroatoms. The molecule has 0 saturated heterocycles. The second-order valence-corrected chi connectivity index (χ2v) is 4.53. The lowest BCUT2D eigenvalue weighted by Crippen LogP contribution is -2.22. The van der Waals surface area contributed by atoms with Crippen molar-refractivity contribution in [1.82, 2.24) is 15.5 Å². The van der Waals surface area contributed by atoms with Gasteiger partial charge in [-0.05, 0) is 24.3 Å². The lowest BCUT2D eigenvalue weighted by Gasteiger charge is -2.01. The van der Waals surface area contributed by atoms with Crippen molar-refractivity contribution in [3.8, 4) is 11.5 Å². The molecule has 0 aliphatic carbocycles. The van der Waals surface area contributed by atoms with E-state index < -0.39 is 5.82 Å². The van der Waals surface area contributed by atoms with Gasteiger partial charge in [-0.25, -0.2) is 4.39 Å². The zero-order chi connectivity index (χ0) is 15.4. The first-order valence-corrected chi connectivity index (χ1v) is 6.64. The maximum absolute atomic E-state index is 13.6. The van der Waals surface area contributed by atoms with Gasteiger partial charge in [0.05, 0.1) is 12.1 Å². The van der Waals surface area contributed by atoms with E-state index in [4.69, 9.17) is 4.42 Å². The van der Waals surface area contributed by atoms with Crippen LogP contribution in [-0.4, -0.2) is 16.1 Å². The van der Waals surface area contributed by atoms with Gasteiger partial charge in [0.1, 0.15) is 5.82 Å². The van der Waals surface area contributed by atoms with E-state index in [0.29, 0.717) is 5.56 Å². The first-order chi connectivity index (χ1) is 10.7. The zero-order valence-electron chi connectivity index (χ0n) is 11.5.